The smallest absolute Gasteiger partial charge is 0.310 e. The zero-order valence-corrected chi connectivity index (χ0v) is 13.9. The molecule has 1 amide bonds. The SMILES string of the molecule is CCOC(=O)C(C)CN(C(=O)c1cccc(Br)c1)C1CC1. The van der Waals surface area contributed by atoms with E-state index in [9.17, 15) is 9.59 Å². The van der Waals surface area contributed by atoms with Crippen molar-refractivity contribution in [3.05, 3.63) is 34.3 Å². The van der Waals surface area contributed by atoms with Gasteiger partial charge in [-0.15, -0.1) is 0 Å². The van der Waals surface area contributed by atoms with Gasteiger partial charge >= 0.3 is 5.97 Å². The second-order valence-corrected chi connectivity index (χ2v) is 6.27. The maximum absolute atomic E-state index is 12.6. The van der Waals surface area contributed by atoms with Crippen LogP contribution < -0.4 is 0 Å². The maximum atomic E-state index is 12.6. The summed E-state index contributed by atoms with van der Waals surface area (Å²) in [5, 5.41) is 0. The number of nitrogens with zero attached hydrogens (tertiary/aromatic N) is 1. The second kappa shape index (κ2) is 7.07. The Morgan fingerprint density at radius 2 is 2.14 bits per heavy atom. The maximum Gasteiger partial charge on any atom is 0.310 e. The number of carbonyl (C=O) groups is 2. The molecule has 4 nitrogen and oxygen atoms in total. The number of ether oxygens (including phenoxy) is 1. The van der Waals surface area contributed by atoms with Crippen LogP contribution in [-0.2, 0) is 9.53 Å². The minimum absolute atomic E-state index is 0.0186. The number of esters is 1. The number of hydrogen-bond donors (Lipinski definition) is 0. The summed E-state index contributed by atoms with van der Waals surface area (Å²) in [4.78, 5) is 26.2. The van der Waals surface area contributed by atoms with Crippen molar-refractivity contribution in [2.45, 2.75) is 32.7 Å². The summed E-state index contributed by atoms with van der Waals surface area (Å²) in [6.07, 6.45) is 2.02. The predicted octanol–water partition coefficient (Wildman–Crippen LogP) is 3.25. The number of hydrogen-bond acceptors (Lipinski definition) is 3. The summed E-state index contributed by atoms with van der Waals surface area (Å²) in [7, 11) is 0. The van der Waals surface area contributed by atoms with Crippen LogP contribution in [-0.4, -0.2) is 36.0 Å². The van der Waals surface area contributed by atoms with Gasteiger partial charge in [0, 0.05) is 22.6 Å². The van der Waals surface area contributed by atoms with E-state index in [1.54, 1.807) is 13.0 Å². The molecule has 0 saturated heterocycles. The highest BCUT2D eigenvalue weighted by molar-refractivity contribution is 9.10. The third kappa shape index (κ3) is 4.30. The minimum atomic E-state index is -0.304. The number of benzene rings is 1. The molecular formula is C16H20BrNO3. The Hall–Kier alpha value is -1.36. The molecule has 1 unspecified atom stereocenters. The molecule has 0 heterocycles. The van der Waals surface area contributed by atoms with Crippen molar-refractivity contribution in [1.29, 1.82) is 0 Å². The molecule has 0 aromatic heterocycles. The fourth-order valence-corrected chi connectivity index (χ4v) is 2.62. The van der Waals surface area contributed by atoms with Crippen LogP contribution in [0.25, 0.3) is 0 Å². The molecule has 1 aromatic rings. The lowest BCUT2D eigenvalue weighted by Crippen LogP contribution is -2.39. The normalized spacial score (nSPS) is 15.4. The van der Waals surface area contributed by atoms with Crippen molar-refractivity contribution in [3.63, 3.8) is 0 Å². The molecule has 0 spiro atoms. The highest BCUT2D eigenvalue weighted by Gasteiger charge is 2.35. The first-order valence-electron chi connectivity index (χ1n) is 7.26. The Bertz CT molecular complexity index is 528. The lowest BCUT2D eigenvalue weighted by Gasteiger charge is -2.25. The standard InChI is InChI=1S/C16H20BrNO3/c1-3-21-16(20)11(2)10-18(14-7-8-14)15(19)12-5-4-6-13(17)9-12/h4-6,9,11,14H,3,7-8,10H2,1-2H3. The summed E-state index contributed by atoms with van der Waals surface area (Å²) < 4.78 is 5.90. The lowest BCUT2D eigenvalue weighted by atomic mass is 10.1. The van der Waals surface area contributed by atoms with Gasteiger partial charge in [-0.3, -0.25) is 9.59 Å². The van der Waals surface area contributed by atoms with E-state index in [4.69, 9.17) is 4.74 Å². The van der Waals surface area contributed by atoms with E-state index in [2.05, 4.69) is 15.9 Å². The molecule has 114 valence electrons. The Labute approximate surface area is 133 Å². The van der Waals surface area contributed by atoms with Gasteiger partial charge in [0.1, 0.15) is 0 Å². The van der Waals surface area contributed by atoms with Crippen LogP contribution >= 0.6 is 15.9 Å². The molecular weight excluding hydrogens is 334 g/mol. The third-order valence-corrected chi connectivity index (χ3v) is 3.97. The molecule has 21 heavy (non-hydrogen) atoms. The van der Waals surface area contributed by atoms with Crippen LogP contribution in [0.2, 0.25) is 0 Å². The first-order valence-corrected chi connectivity index (χ1v) is 8.05. The molecule has 0 radical (unpaired) electrons. The van der Waals surface area contributed by atoms with Crippen molar-refractivity contribution in [2.75, 3.05) is 13.2 Å². The monoisotopic (exact) mass is 353 g/mol. The van der Waals surface area contributed by atoms with Crippen molar-refractivity contribution in [2.24, 2.45) is 5.92 Å². The van der Waals surface area contributed by atoms with Gasteiger partial charge in [-0.1, -0.05) is 28.9 Å². The second-order valence-electron chi connectivity index (χ2n) is 5.35. The number of rotatable bonds is 6. The number of amides is 1. The highest BCUT2D eigenvalue weighted by atomic mass is 79.9. The molecule has 0 aliphatic heterocycles. The average Bonchev–Trinajstić information content (AvgIpc) is 3.28. The fourth-order valence-electron chi connectivity index (χ4n) is 2.23. The van der Waals surface area contributed by atoms with Gasteiger partial charge in [-0.25, -0.2) is 0 Å². The van der Waals surface area contributed by atoms with Gasteiger partial charge in [0.15, 0.2) is 0 Å². The van der Waals surface area contributed by atoms with Gasteiger partial charge in [-0.05, 0) is 38.0 Å². The highest BCUT2D eigenvalue weighted by Crippen LogP contribution is 2.29. The average molecular weight is 354 g/mol. The van der Waals surface area contributed by atoms with E-state index < -0.39 is 0 Å². The number of carbonyl (C=O) groups excluding carboxylic acids is 2. The van der Waals surface area contributed by atoms with Gasteiger partial charge in [-0.2, -0.15) is 0 Å². The molecule has 0 N–H and O–H groups in total. The predicted molar refractivity (Wildman–Crippen MR) is 84.0 cm³/mol. The first kappa shape index (κ1) is 16.0. The Balaban J connectivity index is 2.08. The van der Waals surface area contributed by atoms with Crippen molar-refractivity contribution < 1.29 is 14.3 Å². The topological polar surface area (TPSA) is 46.6 Å². The van der Waals surface area contributed by atoms with Crippen LogP contribution in [0.3, 0.4) is 0 Å². The van der Waals surface area contributed by atoms with Crippen molar-refractivity contribution in [3.8, 4) is 0 Å². The van der Waals surface area contributed by atoms with E-state index in [0.29, 0.717) is 18.7 Å². The van der Waals surface area contributed by atoms with Crippen LogP contribution in [0, 0.1) is 5.92 Å². The summed E-state index contributed by atoms with van der Waals surface area (Å²) in [6.45, 7) is 4.37. The minimum Gasteiger partial charge on any atom is -0.466 e. The zero-order valence-electron chi connectivity index (χ0n) is 12.3. The molecule has 1 saturated carbocycles. The molecule has 1 atom stereocenters. The van der Waals surface area contributed by atoms with Crippen molar-refractivity contribution in [1.82, 2.24) is 4.90 Å². The molecule has 0 bridgehead atoms. The Morgan fingerprint density at radius 1 is 1.43 bits per heavy atom. The zero-order chi connectivity index (χ0) is 15.4. The first-order chi connectivity index (χ1) is 10.0. The van der Waals surface area contributed by atoms with E-state index in [0.717, 1.165) is 17.3 Å². The Morgan fingerprint density at radius 3 is 2.71 bits per heavy atom. The van der Waals surface area contributed by atoms with Crippen LogP contribution in [0.15, 0.2) is 28.7 Å². The summed E-state index contributed by atoms with van der Waals surface area (Å²) in [5.74, 6) is -0.568. The molecule has 5 heteroatoms. The molecule has 1 aliphatic rings. The molecule has 1 fully saturated rings. The van der Waals surface area contributed by atoms with E-state index in [1.165, 1.54) is 0 Å². The quantitative estimate of drug-likeness (QED) is 0.737. The van der Waals surface area contributed by atoms with Crippen LogP contribution in [0.4, 0.5) is 0 Å². The largest absolute Gasteiger partial charge is 0.466 e. The van der Waals surface area contributed by atoms with Crippen molar-refractivity contribution >= 4 is 27.8 Å². The van der Waals surface area contributed by atoms with Gasteiger partial charge in [0.2, 0.25) is 0 Å². The summed E-state index contributed by atoms with van der Waals surface area (Å²) in [6, 6.07) is 7.61. The summed E-state index contributed by atoms with van der Waals surface area (Å²) >= 11 is 3.38. The van der Waals surface area contributed by atoms with E-state index in [-0.39, 0.29) is 23.8 Å². The molecule has 2 rings (SSSR count). The van der Waals surface area contributed by atoms with Gasteiger partial charge in [0.05, 0.1) is 12.5 Å². The summed E-state index contributed by atoms with van der Waals surface area (Å²) in [5.41, 5.74) is 0.646. The Kier molecular flexibility index (Phi) is 5.39. The molecule has 1 aromatic carbocycles. The third-order valence-electron chi connectivity index (χ3n) is 3.48. The lowest BCUT2D eigenvalue weighted by molar-refractivity contribution is -0.147. The van der Waals surface area contributed by atoms with E-state index >= 15 is 0 Å². The van der Waals surface area contributed by atoms with Gasteiger partial charge in [0.25, 0.3) is 5.91 Å². The van der Waals surface area contributed by atoms with Crippen LogP contribution in [0.5, 0.6) is 0 Å². The molecule has 1 aliphatic carbocycles. The van der Waals surface area contributed by atoms with Crippen LogP contribution in [0.1, 0.15) is 37.0 Å². The van der Waals surface area contributed by atoms with Gasteiger partial charge < -0.3 is 9.64 Å². The van der Waals surface area contributed by atoms with E-state index in [1.807, 2.05) is 30.0 Å². The number of halogens is 1. The fraction of sp³-hybridized carbons (Fsp3) is 0.500.